The van der Waals surface area contributed by atoms with Crippen LogP contribution in [0.15, 0.2) is 0 Å². The van der Waals surface area contributed by atoms with Crippen molar-refractivity contribution in [3.8, 4) is 0 Å². The standard InChI is InChI=1S/C14H27NO2/c1-3-4-5-6-7-8-9-15-10-12(2)13(11-15)14(16)17/h12-13H,3-11H2,1-2H3,(H,16,17)/t12-,13-/m1/s1. The van der Waals surface area contributed by atoms with Gasteiger partial charge in [-0.15, -0.1) is 0 Å². The number of carbonyl (C=O) groups is 1. The van der Waals surface area contributed by atoms with E-state index in [1.165, 1.54) is 38.5 Å². The van der Waals surface area contributed by atoms with E-state index < -0.39 is 5.97 Å². The van der Waals surface area contributed by atoms with Crippen molar-refractivity contribution in [2.24, 2.45) is 11.8 Å². The third-order valence-electron chi connectivity index (χ3n) is 3.83. The van der Waals surface area contributed by atoms with Crippen LogP contribution in [0.1, 0.15) is 52.4 Å². The second kappa shape index (κ2) is 7.70. The molecule has 0 spiro atoms. The average Bonchev–Trinajstić information content (AvgIpc) is 2.65. The molecule has 3 nitrogen and oxygen atoms in total. The quantitative estimate of drug-likeness (QED) is 0.664. The van der Waals surface area contributed by atoms with Gasteiger partial charge in [0.15, 0.2) is 0 Å². The predicted molar refractivity (Wildman–Crippen MR) is 70.1 cm³/mol. The summed E-state index contributed by atoms with van der Waals surface area (Å²) in [7, 11) is 0. The zero-order chi connectivity index (χ0) is 12.7. The molecule has 0 radical (unpaired) electrons. The molecule has 0 aliphatic carbocycles. The van der Waals surface area contributed by atoms with Gasteiger partial charge in [-0.25, -0.2) is 0 Å². The first-order valence-electron chi connectivity index (χ1n) is 7.10. The smallest absolute Gasteiger partial charge is 0.308 e. The van der Waals surface area contributed by atoms with Crippen LogP contribution in [0.5, 0.6) is 0 Å². The van der Waals surface area contributed by atoms with Gasteiger partial charge in [-0.05, 0) is 18.9 Å². The molecule has 1 heterocycles. The van der Waals surface area contributed by atoms with Crippen molar-refractivity contribution in [1.82, 2.24) is 4.90 Å². The van der Waals surface area contributed by atoms with Gasteiger partial charge in [0, 0.05) is 13.1 Å². The largest absolute Gasteiger partial charge is 0.481 e. The van der Waals surface area contributed by atoms with E-state index in [9.17, 15) is 4.79 Å². The lowest BCUT2D eigenvalue weighted by atomic mass is 9.99. The molecule has 0 bridgehead atoms. The summed E-state index contributed by atoms with van der Waals surface area (Å²) in [6, 6.07) is 0. The normalized spacial score (nSPS) is 25.3. The predicted octanol–water partition coefficient (Wildman–Crippen LogP) is 3.00. The van der Waals surface area contributed by atoms with E-state index in [0.717, 1.165) is 19.6 Å². The van der Waals surface area contributed by atoms with Crippen LogP contribution in [0, 0.1) is 11.8 Å². The van der Waals surface area contributed by atoms with Gasteiger partial charge in [-0.2, -0.15) is 0 Å². The Bertz CT molecular complexity index is 230. The Balaban J connectivity index is 2.07. The fourth-order valence-electron chi connectivity index (χ4n) is 2.69. The summed E-state index contributed by atoms with van der Waals surface area (Å²) in [5.74, 6) is -0.453. The van der Waals surface area contributed by atoms with Crippen LogP contribution in [-0.4, -0.2) is 35.6 Å². The molecule has 17 heavy (non-hydrogen) atoms. The minimum absolute atomic E-state index is 0.143. The Hall–Kier alpha value is -0.570. The number of carboxylic acid groups (broad SMARTS) is 1. The Morgan fingerprint density at radius 3 is 2.41 bits per heavy atom. The van der Waals surface area contributed by atoms with E-state index in [1.54, 1.807) is 0 Å². The van der Waals surface area contributed by atoms with Crippen LogP contribution >= 0.6 is 0 Å². The minimum atomic E-state index is -0.622. The van der Waals surface area contributed by atoms with E-state index in [-0.39, 0.29) is 5.92 Å². The van der Waals surface area contributed by atoms with Gasteiger partial charge < -0.3 is 10.0 Å². The highest BCUT2D eigenvalue weighted by Crippen LogP contribution is 2.23. The summed E-state index contributed by atoms with van der Waals surface area (Å²) in [6.07, 6.45) is 7.85. The summed E-state index contributed by atoms with van der Waals surface area (Å²) < 4.78 is 0. The number of unbranched alkanes of at least 4 members (excludes halogenated alkanes) is 5. The van der Waals surface area contributed by atoms with Gasteiger partial charge in [-0.3, -0.25) is 4.79 Å². The van der Waals surface area contributed by atoms with Gasteiger partial charge in [0.25, 0.3) is 0 Å². The lowest BCUT2D eigenvalue weighted by molar-refractivity contribution is -0.142. The Morgan fingerprint density at radius 2 is 1.82 bits per heavy atom. The summed E-state index contributed by atoms with van der Waals surface area (Å²) in [4.78, 5) is 13.3. The average molecular weight is 241 g/mol. The fourth-order valence-corrected chi connectivity index (χ4v) is 2.69. The SMILES string of the molecule is CCCCCCCCN1C[C@@H](C)[C@H](C(=O)O)C1. The molecule has 1 aliphatic rings. The molecule has 0 amide bonds. The molecule has 0 aromatic rings. The monoisotopic (exact) mass is 241 g/mol. The van der Waals surface area contributed by atoms with Gasteiger partial charge in [-0.1, -0.05) is 46.0 Å². The number of carboxylic acids is 1. The third kappa shape index (κ3) is 5.07. The van der Waals surface area contributed by atoms with Gasteiger partial charge >= 0.3 is 5.97 Å². The molecule has 1 N–H and O–H groups in total. The van der Waals surface area contributed by atoms with Crippen molar-refractivity contribution in [2.45, 2.75) is 52.4 Å². The van der Waals surface area contributed by atoms with E-state index in [1.807, 2.05) is 0 Å². The molecular weight excluding hydrogens is 214 g/mol. The highest BCUT2D eigenvalue weighted by molar-refractivity contribution is 5.71. The first-order valence-corrected chi connectivity index (χ1v) is 7.10. The second-order valence-electron chi connectivity index (χ2n) is 5.45. The van der Waals surface area contributed by atoms with Crippen LogP contribution in [-0.2, 0) is 4.79 Å². The maximum absolute atomic E-state index is 11.0. The van der Waals surface area contributed by atoms with Crippen molar-refractivity contribution in [3.05, 3.63) is 0 Å². The molecule has 0 aromatic carbocycles. The van der Waals surface area contributed by atoms with E-state index in [0.29, 0.717) is 5.92 Å². The first-order chi connectivity index (χ1) is 8.15. The molecular formula is C14H27NO2. The van der Waals surface area contributed by atoms with Gasteiger partial charge in [0.05, 0.1) is 5.92 Å². The van der Waals surface area contributed by atoms with Crippen LogP contribution in [0.2, 0.25) is 0 Å². The Morgan fingerprint density at radius 1 is 1.18 bits per heavy atom. The molecule has 1 rings (SSSR count). The van der Waals surface area contributed by atoms with Crippen molar-refractivity contribution in [2.75, 3.05) is 19.6 Å². The highest BCUT2D eigenvalue weighted by atomic mass is 16.4. The Labute approximate surface area is 105 Å². The molecule has 1 fully saturated rings. The van der Waals surface area contributed by atoms with Crippen molar-refractivity contribution >= 4 is 5.97 Å². The van der Waals surface area contributed by atoms with Gasteiger partial charge in [0.1, 0.15) is 0 Å². The summed E-state index contributed by atoms with van der Waals surface area (Å²) in [5.41, 5.74) is 0. The van der Waals surface area contributed by atoms with Crippen LogP contribution in [0.4, 0.5) is 0 Å². The Kier molecular flexibility index (Phi) is 6.56. The maximum atomic E-state index is 11.0. The number of likely N-dealkylation sites (tertiary alicyclic amines) is 1. The lowest BCUT2D eigenvalue weighted by Gasteiger charge is -2.14. The van der Waals surface area contributed by atoms with Crippen LogP contribution in [0.3, 0.4) is 0 Å². The first kappa shape index (κ1) is 14.5. The number of rotatable bonds is 8. The number of nitrogens with zero attached hydrogens (tertiary/aromatic N) is 1. The molecule has 0 unspecified atom stereocenters. The molecule has 2 atom stereocenters. The molecule has 3 heteroatoms. The van der Waals surface area contributed by atoms with Gasteiger partial charge in [0.2, 0.25) is 0 Å². The van der Waals surface area contributed by atoms with Crippen molar-refractivity contribution < 1.29 is 9.90 Å². The lowest BCUT2D eigenvalue weighted by Crippen LogP contribution is -2.24. The van der Waals surface area contributed by atoms with E-state index >= 15 is 0 Å². The molecule has 100 valence electrons. The maximum Gasteiger partial charge on any atom is 0.308 e. The molecule has 1 saturated heterocycles. The highest BCUT2D eigenvalue weighted by Gasteiger charge is 2.33. The topological polar surface area (TPSA) is 40.5 Å². The van der Waals surface area contributed by atoms with Crippen molar-refractivity contribution in [1.29, 1.82) is 0 Å². The van der Waals surface area contributed by atoms with Crippen LogP contribution < -0.4 is 0 Å². The molecule has 1 aliphatic heterocycles. The zero-order valence-corrected chi connectivity index (χ0v) is 11.3. The number of hydrogen-bond acceptors (Lipinski definition) is 2. The molecule has 0 saturated carbocycles. The van der Waals surface area contributed by atoms with E-state index in [4.69, 9.17) is 5.11 Å². The number of aliphatic carboxylic acids is 1. The fraction of sp³-hybridized carbons (Fsp3) is 0.929. The molecule has 0 aromatic heterocycles. The minimum Gasteiger partial charge on any atom is -0.481 e. The zero-order valence-electron chi connectivity index (χ0n) is 11.3. The summed E-state index contributed by atoms with van der Waals surface area (Å²) in [5, 5.41) is 9.04. The second-order valence-corrected chi connectivity index (χ2v) is 5.45. The summed E-state index contributed by atoms with van der Waals surface area (Å²) >= 11 is 0. The van der Waals surface area contributed by atoms with E-state index in [2.05, 4.69) is 18.7 Å². The van der Waals surface area contributed by atoms with Crippen LogP contribution in [0.25, 0.3) is 0 Å². The summed E-state index contributed by atoms with van der Waals surface area (Å²) in [6.45, 7) is 7.09. The van der Waals surface area contributed by atoms with Crippen molar-refractivity contribution in [3.63, 3.8) is 0 Å². The third-order valence-corrected chi connectivity index (χ3v) is 3.83. The number of hydrogen-bond donors (Lipinski definition) is 1.